The Morgan fingerprint density at radius 1 is 0.976 bits per heavy atom. The van der Waals surface area contributed by atoms with Crippen LogP contribution in [0.1, 0.15) is 27.2 Å². The molecular formula is C32H28N4O4S. The van der Waals surface area contributed by atoms with E-state index in [9.17, 15) is 9.59 Å². The molecule has 2 aromatic heterocycles. The molecule has 0 spiro atoms. The van der Waals surface area contributed by atoms with E-state index in [0.29, 0.717) is 17.2 Å². The lowest BCUT2D eigenvalue weighted by atomic mass is 9.95. The van der Waals surface area contributed by atoms with Gasteiger partial charge in [0.05, 0.1) is 23.9 Å². The monoisotopic (exact) mass is 564 g/mol. The molecule has 1 N–H and O–H groups in total. The number of benzene rings is 3. The van der Waals surface area contributed by atoms with Crippen LogP contribution in [0.2, 0.25) is 0 Å². The van der Waals surface area contributed by atoms with Crippen LogP contribution < -0.4 is 10.1 Å². The molecule has 206 valence electrons. The number of fused-ring (bicyclic) bond motifs is 2. The molecule has 3 heterocycles. The van der Waals surface area contributed by atoms with Crippen LogP contribution >= 0.6 is 11.3 Å². The zero-order valence-corrected chi connectivity index (χ0v) is 23.3. The zero-order chi connectivity index (χ0) is 28.2. The van der Waals surface area contributed by atoms with Crippen molar-refractivity contribution in [2.24, 2.45) is 0 Å². The summed E-state index contributed by atoms with van der Waals surface area (Å²) in [7, 11) is 1.62. The summed E-state index contributed by atoms with van der Waals surface area (Å²) in [5.41, 5.74) is 5.84. The fraction of sp³-hybridized carbons (Fsp3) is 0.188. The number of nitrogens with zero attached hydrogens (tertiary/aromatic N) is 3. The lowest BCUT2D eigenvalue weighted by Gasteiger charge is -2.30. The normalized spacial score (nSPS) is 13.0. The van der Waals surface area contributed by atoms with E-state index in [1.54, 1.807) is 7.11 Å². The van der Waals surface area contributed by atoms with E-state index >= 15 is 0 Å². The third kappa shape index (κ3) is 5.96. The Morgan fingerprint density at radius 2 is 1.76 bits per heavy atom. The van der Waals surface area contributed by atoms with Crippen LogP contribution in [-0.2, 0) is 29.0 Å². The van der Waals surface area contributed by atoms with Gasteiger partial charge in [0.15, 0.2) is 11.7 Å². The molecule has 3 aromatic carbocycles. The SMILES string of the molecule is COc1ccc(-c2csc(NC(=O)COC(=O)c3c4c(nc5ccccc35)CCN(Cc3ccccc3)C4)n2)cc1. The Morgan fingerprint density at radius 3 is 2.56 bits per heavy atom. The molecule has 8 nitrogen and oxygen atoms in total. The first kappa shape index (κ1) is 26.6. The van der Waals surface area contributed by atoms with Crippen LogP contribution in [-0.4, -0.2) is 47.0 Å². The maximum atomic E-state index is 13.5. The number of hydrogen-bond acceptors (Lipinski definition) is 8. The van der Waals surface area contributed by atoms with E-state index in [0.717, 1.165) is 58.7 Å². The lowest BCUT2D eigenvalue weighted by molar-refractivity contribution is -0.119. The van der Waals surface area contributed by atoms with E-state index < -0.39 is 18.5 Å². The topological polar surface area (TPSA) is 93.6 Å². The molecule has 0 atom stereocenters. The van der Waals surface area contributed by atoms with Gasteiger partial charge in [0.1, 0.15) is 5.75 Å². The number of aromatic nitrogens is 2. The van der Waals surface area contributed by atoms with Crippen LogP contribution in [0.4, 0.5) is 5.13 Å². The van der Waals surface area contributed by atoms with Gasteiger partial charge in [0, 0.05) is 53.6 Å². The van der Waals surface area contributed by atoms with Gasteiger partial charge in [-0.2, -0.15) is 0 Å². The fourth-order valence-electron chi connectivity index (χ4n) is 5.04. The number of para-hydroxylation sites is 1. The van der Waals surface area contributed by atoms with Gasteiger partial charge in [0.25, 0.3) is 5.91 Å². The van der Waals surface area contributed by atoms with Crippen molar-refractivity contribution in [3.05, 3.63) is 107 Å². The van der Waals surface area contributed by atoms with Crippen LogP contribution in [0, 0.1) is 0 Å². The molecule has 6 rings (SSSR count). The van der Waals surface area contributed by atoms with Crippen LogP contribution in [0.3, 0.4) is 0 Å². The van der Waals surface area contributed by atoms with Gasteiger partial charge in [-0.1, -0.05) is 48.5 Å². The minimum atomic E-state index is -0.533. The van der Waals surface area contributed by atoms with Crippen LogP contribution in [0.15, 0.2) is 84.2 Å². The molecule has 0 fully saturated rings. The molecule has 0 saturated carbocycles. The minimum Gasteiger partial charge on any atom is -0.497 e. The van der Waals surface area contributed by atoms with Crippen molar-refractivity contribution in [2.45, 2.75) is 19.5 Å². The number of carbonyl (C=O) groups excluding carboxylic acids is 2. The van der Waals surface area contributed by atoms with Gasteiger partial charge in [-0.15, -0.1) is 11.3 Å². The molecule has 1 aliphatic heterocycles. The molecular weight excluding hydrogens is 536 g/mol. The van der Waals surface area contributed by atoms with Gasteiger partial charge in [-0.3, -0.25) is 20.0 Å². The van der Waals surface area contributed by atoms with E-state index in [2.05, 4.69) is 27.3 Å². The second-order valence-corrected chi connectivity index (χ2v) is 10.6. The Hall–Kier alpha value is -4.60. The van der Waals surface area contributed by atoms with Crippen molar-refractivity contribution in [1.82, 2.24) is 14.9 Å². The Balaban J connectivity index is 1.16. The molecule has 5 aromatic rings. The molecule has 0 radical (unpaired) electrons. The highest BCUT2D eigenvalue weighted by molar-refractivity contribution is 7.14. The minimum absolute atomic E-state index is 0.421. The van der Waals surface area contributed by atoms with Gasteiger partial charge in [-0.05, 0) is 35.9 Å². The van der Waals surface area contributed by atoms with Gasteiger partial charge in [-0.25, -0.2) is 9.78 Å². The largest absolute Gasteiger partial charge is 0.497 e. The predicted octanol–water partition coefficient (Wildman–Crippen LogP) is 5.72. The second kappa shape index (κ2) is 11.9. The van der Waals surface area contributed by atoms with Gasteiger partial charge >= 0.3 is 5.97 Å². The number of carbonyl (C=O) groups is 2. The summed E-state index contributed by atoms with van der Waals surface area (Å²) >= 11 is 1.31. The lowest BCUT2D eigenvalue weighted by Crippen LogP contribution is -2.32. The molecule has 1 amide bonds. The summed E-state index contributed by atoms with van der Waals surface area (Å²) in [5.74, 6) is -0.229. The summed E-state index contributed by atoms with van der Waals surface area (Å²) in [6.45, 7) is 1.77. The number of hydrogen-bond donors (Lipinski definition) is 1. The Kier molecular flexibility index (Phi) is 7.71. The number of ether oxygens (including phenoxy) is 2. The van der Waals surface area contributed by atoms with Crippen molar-refractivity contribution in [1.29, 1.82) is 0 Å². The molecule has 0 saturated heterocycles. The van der Waals surface area contributed by atoms with E-state index in [1.165, 1.54) is 16.9 Å². The average Bonchev–Trinajstić information content (AvgIpc) is 3.47. The summed E-state index contributed by atoms with van der Waals surface area (Å²) < 4.78 is 10.8. The third-order valence-electron chi connectivity index (χ3n) is 7.05. The van der Waals surface area contributed by atoms with E-state index in [1.807, 2.05) is 72.1 Å². The highest BCUT2D eigenvalue weighted by Gasteiger charge is 2.27. The maximum absolute atomic E-state index is 13.5. The molecule has 0 aliphatic carbocycles. The van der Waals surface area contributed by atoms with Crippen LogP contribution in [0.5, 0.6) is 5.75 Å². The maximum Gasteiger partial charge on any atom is 0.339 e. The Bertz CT molecular complexity index is 1700. The number of pyridine rings is 1. The highest BCUT2D eigenvalue weighted by Crippen LogP contribution is 2.30. The predicted molar refractivity (Wildman–Crippen MR) is 159 cm³/mol. The number of methoxy groups -OCH3 is 1. The smallest absolute Gasteiger partial charge is 0.339 e. The van der Waals surface area contributed by atoms with Crippen LogP contribution in [0.25, 0.3) is 22.2 Å². The summed E-state index contributed by atoms with van der Waals surface area (Å²) in [6.07, 6.45) is 0.730. The number of anilines is 1. The number of rotatable bonds is 8. The number of amides is 1. The van der Waals surface area contributed by atoms with Crippen molar-refractivity contribution >= 4 is 39.2 Å². The Labute approximate surface area is 241 Å². The first-order valence-corrected chi connectivity index (χ1v) is 14.2. The standard InChI is InChI=1S/C32H28N4O4S/c1-39-23-13-11-22(12-14-23)28-20-41-32(34-28)35-29(37)19-40-31(38)30-24-9-5-6-10-26(24)33-27-15-16-36(18-25(27)30)17-21-7-3-2-4-8-21/h2-14,20H,15-19H2,1H3,(H,34,35,37). The van der Waals surface area contributed by atoms with Crippen molar-refractivity contribution in [3.63, 3.8) is 0 Å². The van der Waals surface area contributed by atoms with Crippen molar-refractivity contribution in [3.8, 4) is 17.0 Å². The average molecular weight is 565 g/mol. The fourth-order valence-corrected chi connectivity index (χ4v) is 5.78. The molecule has 1 aliphatic rings. The summed E-state index contributed by atoms with van der Waals surface area (Å²) in [5, 5.41) is 5.76. The quantitative estimate of drug-likeness (QED) is 0.241. The van der Waals surface area contributed by atoms with E-state index in [-0.39, 0.29) is 0 Å². The molecule has 41 heavy (non-hydrogen) atoms. The molecule has 0 unspecified atom stereocenters. The van der Waals surface area contributed by atoms with E-state index in [4.69, 9.17) is 14.5 Å². The second-order valence-electron chi connectivity index (χ2n) is 9.77. The summed E-state index contributed by atoms with van der Waals surface area (Å²) in [6, 6.07) is 25.4. The van der Waals surface area contributed by atoms with Crippen molar-refractivity contribution < 1.29 is 19.1 Å². The number of esters is 1. The number of nitrogens with one attached hydrogen (secondary N) is 1. The van der Waals surface area contributed by atoms with Gasteiger partial charge in [0.2, 0.25) is 0 Å². The molecule has 9 heteroatoms. The summed E-state index contributed by atoms with van der Waals surface area (Å²) in [4.78, 5) is 37.9. The molecule has 0 bridgehead atoms. The third-order valence-corrected chi connectivity index (χ3v) is 7.81. The zero-order valence-electron chi connectivity index (χ0n) is 22.5. The highest BCUT2D eigenvalue weighted by atomic mass is 32.1. The first-order valence-electron chi connectivity index (χ1n) is 13.3. The van der Waals surface area contributed by atoms with Gasteiger partial charge < -0.3 is 9.47 Å². The number of thiazole rings is 1. The van der Waals surface area contributed by atoms with Crippen molar-refractivity contribution in [2.75, 3.05) is 25.6 Å². The first-order chi connectivity index (χ1) is 20.1.